The first-order valence-corrected chi connectivity index (χ1v) is 15.9. The van der Waals surface area contributed by atoms with Gasteiger partial charge in [0.05, 0.1) is 10.8 Å². The van der Waals surface area contributed by atoms with Gasteiger partial charge in [-0.2, -0.15) is 0 Å². The molecule has 0 aromatic heterocycles. The second-order valence-corrected chi connectivity index (χ2v) is 13.4. The summed E-state index contributed by atoms with van der Waals surface area (Å²) in [5.74, 6) is 1.00. The summed E-state index contributed by atoms with van der Waals surface area (Å²) in [7, 11) is 0. The highest BCUT2D eigenvalue weighted by Gasteiger charge is 2.78. The highest BCUT2D eigenvalue weighted by molar-refractivity contribution is 6.12. The molecular weight excluding hydrogens is 532 g/mol. The Kier molecular flexibility index (Phi) is 5.34. The number of carbonyl (C=O) groups is 1. The molecule has 0 radical (unpaired) electrons. The summed E-state index contributed by atoms with van der Waals surface area (Å²) in [6.07, 6.45) is 0. The molecule has 4 aliphatic carbocycles. The summed E-state index contributed by atoms with van der Waals surface area (Å²) in [5, 5.41) is 0. The van der Waals surface area contributed by atoms with Crippen LogP contribution in [0.25, 0.3) is 16.7 Å². The third-order valence-electron chi connectivity index (χ3n) is 11.6. The van der Waals surface area contributed by atoms with E-state index in [1.807, 2.05) is 0 Å². The van der Waals surface area contributed by atoms with Crippen LogP contribution < -0.4 is 0 Å². The lowest BCUT2D eigenvalue weighted by Gasteiger charge is -2.43. The zero-order valence-electron chi connectivity index (χ0n) is 25.1. The Morgan fingerprint density at radius 1 is 0.477 bits per heavy atom. The van der Waals surface area contributed by atoms with E-state index in [0.717, 1.165) is 0 Å². The molecule has 2 saturated carbocycles. The van der Waals surface area contributed by atoms with Crippen molar-refractivity contribution in [2.45, 2.75) is 24.7 Å². The van der Waals surface area contributed by atoms with Gasteiger partial charge < -0.3 is 0 Å². The minimum absolute atomic E-state index is 0.113. The number of Topliss-reactive ketones (excluding diaryl/α,β-unsaturated/α-hetero) is 1. The molecule has 1 heteroatoms. The van der Waals surface area contributed by atoms with Crippen LogP contribution in [-0.2, 0) is 15.6 Å². The topological polar surface area (TPSA) is 17.1 Å². The molecule has 0 N–H and O–H groups in total. The van der Waals surface area contributed by atoms with Gasteiger partial charge in [0.2, 0.25) is 0 Å². The lowest BCUT2D eigenvalue weighted by atomic mass is 9.58. The molecule has 0 heterocycles. The van der Waals surface area contributed by atoms with Gasteiger partial charge in [0.25, 0.3) is 0 Å². The SMILES string of the molecule is CC12C(=O)C(C)(c3ccccc31)C1C3C(c4ccccc4)=C(c4ccccc4)C(C3=C(c3ccccc3)c3ccccc3)C12. The van der Waals surface area contributed by atoms with Gasteiger partial charge in [0.1, 0.15) is 0 Å². The van der Waals surface area contributed by atoms with E-state index in [-0.39, 0.29) is 23.7 Å². The van der Waals surface area contributed by atoms with Gasteiger partial charge in [0.15, 0.2) is 5.78 Å². The molecule has 212 valence electrons. The fourth-order valence-electron chi connectivity index (χ4n) is 10.1. The predicted octanol–water partition coefficient (Wildman–Crippen LogP) is 9.40. The molecule has 5 aromatic rings. The van der Waals surface area contributed by atoms with Gasteiger partial charge >= 0.3 is 0 Å². The quantitative estimate of drug-likeness (QED) is 0.198. The minimum atomic E-state index is -0.540. The van der Waals surface area contributed by atoms with Crippen molar-refractivity contribution in [3.63, 3.8) is 0 Å². The van der Waals surface area contributed by atoms with E-state index in [4.69, 9.17) is 0 Å². The van der Waals surface area contributed by atoms with Crippen LogP contribution in [0.5, 0.6) is 0 Å². The first kappa shape index (κ1) is 25.7. The van der Waals surface area contributed by atoms with Crippen LogP contribution in [0.4, 0.5) is 0 Å². The Labute approximate surface area is 259 Å². The second kappa shape index (κ2) is 9.13. The summed E-state index contributed by atoms with van der Waals surface area (Å²) in [6, 6.07) is 52.7. The number of rotatable bonds is 4. The fourth-order valence-corrected chi connectivity index (χ4v) is 10.1. The average Bonchev–Trinajstić information content (AvgIpc) is 3.71. The second-order valence-electron chi connectivity index (χ2n) is 13.4. The Hall–Kier alpha value is -4.75. The van der Waals surface area contributed by atoms with Crippen molar-refractivity contribution in [1.82, 2.24) is 0 Å². The summed E-state index contributed by atoms with van der Waals surface area (Å²) in [6.45, 7) is 4.55. The number of carbonyl (C=O) groups excluding carboxylic acids is 1. The maximum atomic E-state index is 14.9. The maximum absolute atomic E-state index is 14.9. The van der Waals surface area contributed by atoms with Crippen molar-refractivity contribution in [2.24, 2.45) is 23.7 Å². The average molecular weight is 567 g/mol. The molecule has 0 spiro atoms. The summed E-state index contributed by atoms with van der Waals surface area (Å²) >= 11 is 0. The Bertz CT molecular complexity index is 1860. The van der Waals surface area contributed by atoms with Gasteiger partial charge in [-0.3, -0.25) is 4.79 Å². The van der Waals surface area contributed by atoms with Crippen molar-refractivity contribution in [3.8, 4) is 0 Å². The van der Waals surface area contributed by atoms with Crippen molar-refractivity contribution >= 4 is 22.5 Å². The standard InChI is InChI=1S/C43H34O/c1-42-31-25-15-16-26-32(31)43(2,41(42)44)40-38-35(30-23-13-6-14-24-30)34(29-21-11-5-12-22-29)37(39(40)42)36(38)33(27-17-7-3-8-18-27)28-19-9-4-10-20-28/h3-26,37-40H,1-2H3. The molecule has 4 bridgehead atoms. The molecule has 9 rings (SSSR count). The highest BCUT2D eigenvalue weighted by Crippen LogP contribution is 2.79. The van der Waals surface area contributed by atoms with E-state index in [2.05, 4.69) is 159 Å². The number of allylic oxidation sites excluding steroid dienone is 3. The number of benzene rings is 5. The molecule has 4 aliphatic rings. The minimum Gasteiger partial charge on any atom is -0.298 e. The predicted molar refractivity (Wildman–Crippen MR) is 179 cm³/mol. The summed E-state index contributed by atoms with van der Waals surface area (Å²) in [4.78, 5) is 14.9. The first-order chi connectivity index (χ1) is 21.6. The number of hydrogen-bond donors (Lipinski definition) is 0. The zero-order valence-corrected chi connectivity index (χ0v) is 25.1. The van der Waals surface area contributed by atoms with E-state index in [1.165, 1.54) is 55.7 Å². The molecule has 5 aromatic carbocycles. The first-order valence-electron chi connectivity index (χ1n) is 15.9. The Morgan fingerprint density at radius 3 is 1.20 bits per heavy atom. The van der Waals surface area contributed by atoms with E-state index in [9.17, 15) is 4.79 Å². The lowest BCUT2D eigenvalue weighted by Crippen LogP contribution is -2.40. The molecular formula is C43H34O. The maximum Gasteiger partial charge on any atom is 0.153 e. The monoisotopic (exact) mass is 566 g/mol. The molecule has 6 atom stereocenters. The third-order valence-corrected chi connectivity index (χ3v) is 11.6. The van der Waals surface area contributed by atoms with E-state index in [0.29, 0.717) is 5.78 Å². The summed E-state index contributed by atoms with van der Waals surface area (Å²) in [5.41, 5.74) is 12.1. The molecule has 2 fully saturated rings. The van der Waals surface area contributed by atoms with Crippen molar-refractivity contribution in [1.29, 1.82) is 0 Å². The molecule has 6 unspecified atom stereocenters. The van der Waals surface area contributed by atoms with Gasteiger partial charge in [-0.25, -0.2) is 0 Å². The van der Waals surface area contributed by atoms with Crippen LogP contribution in [0.3, 0.4) is 0 Å². The highest BCUT2D eigenvalue weighted by atomic mass is 16.1. The number of fused-ring (bicyclic) bond motifs is 12. The van der Waals surface area contributed by atoms with E-state index in [1.54, 1.807) is 0 Å². The number of hydrogen-bond acceptors (Lipinski definition) is 1. The van der Waals surface area contributed by atoms with Crippen LogP contribution in [0.2, 0.25) is 0 Å². The largest absolute Gasteiger partial charge is 0.298 e. The van der Waals surface area contributed by atoms with Crippen LogP contribution >= 0.6 is 0 Å². The van der Waals surface area contributed by atoms with Crippen LogP contribution in [0.1, 0.15) is 47.2 Å². The van der Waals surface area contributed by atoms with Crippen LogP contribution in [0, 0.1) is 23.7 Å². The fraction of sp³-hybridized carbons (Fsp3) is 0.186. The molecule has 44 heavy (non-hydrogen) atoms. The molecule has 0 saturated heterocycles. The molecule has 0 aliphatic heterocycles. The van der Waals surface area contributed by atoms with Gasteiger partial charge in [-0.05, 0) is 81.4 Å². The van der Waals surface area contributed by atoms with Crippen molar-refractivity contribution in [2.75, 3.05) is 0 Å². The number of ketones is 1. The van der Waals surface area contributed by atoms with E-state index < -0.39 is 10.8 Å². The molecule has 0 amide bonds. The smallest absolute Gasteiger partial charge is 0.153 e. The molecule has 1 nitrogen and oxygen atoms in total. The van der Waals surface area contributed by atoms with Gasteiger partial charge in [0, 0.05) is 11.8 Å². The van der Waals surface area contributed by atoms with E-state index >= 15 is 0 Å². The third kappa shape index (κ3) is 3.07. The summed E-state index contributed by atoms with van der Waals surface area (Å²) < 4.78 is 0. The van der Waals surface area contributed by atoms with Gasteiger partial charge in [-0.1, -0.05) is 146 Å². The zero-order chi connectivity index (χ0) is 29.6. The van der Waals surface area contributed by atoms with Crippen molar-refractivity contribution in [3.05, 3.63) is 185 Å². The normalized spacial score (nSPS) is 29.2. The van der Waals surface area contributed by atoms with Crippen molar-refractivity contribution < 1.29 is 4.79 Å². The van der Waals surface area contributed by atoms with Crippen LogP contribution in [0.15, 0.2) is 151 Å². The van der Waals surface area contributed by atoms with Gasteiger partial charge in [-0.15, -0.1) is 0 Å². The van der Waals surface area contributed by atoms with Crippen LogP contribution in [-0.4, -0.2) is 5.78 Å². The lowest BCUT2D eigenvalue weighted by molar-refractivity contribution is -0.125. The Morgan fingerprint density at radius 2 is 0.818 bits per heavy atom. The Balaban J connectivity index is 1.44.